The third kappa shape index (κ3) is 11.0. The van der Waals surface area contributed by atoms with Crippen LogP contribution in [0.15, 0.2) is 22.2 Å². The van der Waals surface area contributed by atoms with Gasteiger partial charge < -0.3 is 5.41 Å². The third-order valence-electron chi connectivity index (χ3n) is 9.34. The minimum Gasteiger partial charge on any atom is -0.807 e. The molecule has 19 heteroatoms. The molecule has 10 radical (unpaired) electrons. The van der Waals surface area contributed by atoms with Crippen molar-refractivity contribution in [2.24, 2.45) is 10.8 Å². The molecule has 3 aliphatic carbocycles. The van der Waals surface area contributed by atoms with E-state index in [1.165, 1.54) is 20.8 Å². The van der Waals surface area contributed by atoms with Crippen molar-refractivity contribution in [3.63, 3.8) is 0 Å². The van der Waals surface area contributed by atoms with Gasteiger partial charge in [-0.1, -0.05) is 37.5 Å². The van der Waals surface area contributed by atoms with Gasteiger partial charge in [0.25, 0.3) is 0 Å². The smallest absolute Gasteiger partial charge is 0.807 e. The Morgan fingerprint density at radius 3 is 0.825 bits per heavy atom. The van der Waals surface area contributed by atoms with Crippen LogP contribution in [0.2, 0.25) is 0 Å². The van der Waals surface area contributed by atoms with Crippen LogP contribution in [0.25, 0.3) is 5.41 Å². The van der Waals surface area contributed by atoms with Gasteiger partial charge in [0, 0.05) is 5.41 Å². The van der Waals surface area contributed by atoms with Crippen LogP contribution in [-0.2, 0) is 26.2 Å². The zero-order chi connectivity index (χ0) is 47.6. The van der Waals surface area contributed by atoms with Crippen LogP contribution < -0.4 is 16.4 Å². The minimum atomic E-state index is -5.86. The summed E-state index contributed by atoms with van der Waals surface area (Å²) in [4.78, 5) is 0. The summed E-state index contributed by atoms with van der Waals surface area (Å²) in [6, 6.07) is 2.10. The van der Waals surface area contributed by atoms with E-state index in [9.17, 15) is 44.9 Å². The molecule has 0 heterocycles. The van der Waals surface area contributed by atoms with Crippen LogP contribution in [0.3, 0.4) is 0 Å². The Morgan fingerprint density at radius 2 is 0.651 bits per heavy atom. The molecule has 2 fully saturated rings. The van der Waals surface area contributed by atoms with Crippen LogP contribution in [0.1, 0.15) is 55.4 Å². The molecule has 0 amide bonds. The van der Waals surface area contributed by atoms with Crippen molar-refractivity contribution in [1.29, 1.82) is 5.26 Å². The number of benzene rings is 3. The van der Waals surface area contributed by atoms with E-state index in [4.69, 9.17) is 5.26 Å². The van der Waals surface area contributed by atoms with Crippen molar-refractivity contribution < 1.29 is 92.1 Å². The molecule has 330 valence electrons. The molecule has 63 heavy (non-hydrogen) atoms. The topological polar surface area (TPSA) is 46.1 Å². The van der Waals surface area contributed by atoms with Crippen molar-refractivity contribution in [2.45, 2.75) is 55.4 Å². The van der Waals surface area contributed by atoms with E-state index in [2.05, 4.69) is 6.07 Å². The number of hydrogen-bond donors (Lipinski definition) is 0. The van der Waals surface area contributed by atoms with Gasteiger partial charge >= 0.3 is 26.2 Å². The van der Waals surface area contributed by atoms with Crippen molar-refractivity contribution in [3.05, 3.63) is 179 Å². The molecule has 0 unspecified atom stereocenters. The summed E-state index contributed by atoms with van der Waals surface area (Å²) in [6.45, 7) is 11.4. The number of halogens is 15. The van der Waals surface area contributed by atoms with Gasteiger partial charge in [-0.05, 0) is 104 Å². The monoisotopic (exact) mass is 976 g/mol. The minimum absolute atomic E-state index is 0. The molecule has 6 rings (SSSR count). The van der Waals surface area contributed by atoms with Gasteiger partial charge in [0.2, 0.25) is 0 Å². The summed E-state index contributed by atoms with van der Waals surface area (Å²) in [5.41, 5.74) is -13.6. The summed E-state index contributed by atoms with van der Waals surface area (Å²) in [6.07, 6.45) is 14.1. The Kier molecular flexibility index (Phi) is 18.8. The Morgan fingerprint density at radius 1 is 0.460 bits per heavy atom. The second kappa shape index (κ2) is 21.5. The summed E-state index contributed by atoms with van der Waals surface area (Å²) >= 11 is 0. The van der Waals surface area contributed by atoms with Gasteiger partial charge in [0.05, 0.1) is 6.07 Å². The molecular weight excluding hydrogens is 944 g/mol. The largest absolute Gasteiger partial charge is 4.00 e. The second-order valence-electron chi connectivity index (χ2n) is 15.7. The number of allylic oxidation sites excluding steroid dienone is 4. The van der Waals surface area contributed by atoms with Crippen LogP contribution in [0, 0.1) is 174 Å². The normalized spacial score (nSPS) is 15.6. The quantitative estimate of drug-likeness (QED) is 0.0826. The van der Waals surface area contributed by atoms with Crippen LogP contribution in [0.4, 0.5) is 65.9 Å². The molecule has 0 atom stereocenters. The Bertz CT molecular complexity index is 2070. The Hall–Kier alpha value is -3.80. The third-order valence-corrected chi connectivity index (χ3v) is 9.34. The van der Waals surface area contributed by atoms with Gasteiger partial charge in [-0.3, -0.25) is 0 Å². The predicted octanol–water partition coefficient (Wildman–Crippen LogP) is 11.1. The molecule has 0 bridgehead atoms. The van der Waals surface area contributed by atoms with Crippen molar-refractivity contribution in [1.82, 2.24) is 0 Å². The van der Waals surface area contributed by atoms with E-state index >= 15 is 26.3 Å². The summed E-state index contributed by atoms with van der Waals surface area (Å²) in [7, 11) is 0. The molecule has 0 aromatic heterocycles. The van der Waals surface area contributed by atoms with E-state index in [0.717, 1.165) is 13.8 Å². The van der Waals surface area contributed by atoms with E-state index in [1.807, 2.05) is 85.0 Å². The van der Waals surface area contributed by atoms with Gasteiger partial charge in [-0.2, -0.15) is 16.4 Å². The Balaban J connectivity index is 0.000000670. The fourth-order valence-corrected chi connectivity index (χ4v) is 6.52. The van der Waals surface area contributed by atoms with Crippen LogP contribution >= 0.6 is 0 Å². The van der Waals surface area contributed by atoms with Gasteiger partial charge in [0.15, 0.2) is 52.4 Å². The average molecular weight is 978 g/mol. The van der Waals surface area contributed by atoms with E-state index in [0.29, 0.717) is 0 Å². The molecular formula is C44H34BF15N2Zr+2. The molecule has 0 saturated heterocycles. The van der Waals surface area contributed by atoms with Gasteiger partial charge in [-0.25, -0.2) is 65.9 Å². The first-order valence-electron chi connectivity index (χ1n) is 18.0. The first-order valence-corrected chi connectivity index (χ1v) is 18.0. The molecule has 2 saturated carbocycles. The number of rotatable bonds is 5. The van der Waals surface area contributed by atoms with E-state index in [1.54, 1.807) is 0 Å². The zero-order valence-electron chi connectivity index (χ0n) is 34.4. The predicted molar refractivity (Wildman–Crippen MR) is 205 cm³/mol. The number of nitrogens with zero attached hydrogens (tertiary/aromatic N) is 2. The number of nitriles is 1. The molecule has 2 nitrogen and oxygen atoms in total. The maximum atomic E-state index is 15.7. The summed E-state index contributed by atoms with van der Waals surface area (Å²) < 4.78 is 225. The summed E-state index contributed by atoms with van der Waals surface area (Å²) in [5.74, 6) is -46.0. The molecule has 3 aromatic carbocycles. The van der Waals surface area contributed by atoms with Gasteiger partial charge in [0.1, 0.15) is 41.0 Å². The maximum absolute atomic E-state index is 15.7. The molecule has 0 spiro atoms. The van der Waals surface area contributed by atoms with Gasteiger partial charge in [-0.15, -0.1) is 16.4 Å². The maximum Gasteiger partial charge on any atom is 4.00 e. The SMILES string of the molecule is CC(C)(C)C#N.CC1=C([B-](c2c(F)c(F)c(F)c(F)c2F)(c2c(F)c(F)c(F)c(F)c2F)c2c(F)c(F)c(F)c(F)c2F)C/1=C(\C)C(=[N-])C(C)(C)C.[CH]1[CH][CH][CH][CH]1.[CH]1[CH][CH][CH][CH]1.[Zr+4]. The van der Waals surface area contributed by atoms with E-state index < -0.39 is 143 Å². The fraction of sp³-hybridized carbons (Fsp3) is 0.227. The van der Waals surface area contributed by atoms with Crippen LogP contribution in [0.5, 0.6) is 0 Å². The first-order chi connectivity index (χ1) is 28.6. The van der Waals surface area contributed by atoms with Crippen LogP contribution in [-0.4, -0.2) is 11.9 Å². The molecule has 0 aliphatic heterocycles. The number of hydrogen-bond acceptors (Lipinski definition) is 1. The second-order valence-corrected chi connectivity index (χ2v) is 15.7. The van der Waals surface area contributed by atoms with E-state index in [-0.39, 0.29) is 31.6 Å². The molecule has 0 N–H and O–H groups in total. The standard InChI is InChI=1S/C29H15BF15N.C5H9N.2C5H5.Zr/c1-6-8(7(2)28(46)29(3,4)5)9(6)30(10-13(31)19(37)25(43)20(38)14(10)32,11-15(33)21(39)26(44)22(40)16(11)34)12-17(35)23(41)27(45)24(42)18(12)36;1-5(2,3)4-6;2*1-2-4-5-3-1;/h1-5H3;1-3H3;2*1-5H;/q-2;;;;+4/b8-7+;;;;. The fourth-order valence-electron chi connectivity index (χ4n) is 6.52. The van der Waals surface area contributed by atoms with Crippen molar-refractivity contribution in [3.8, 4) is 6.07 Å². The zero-order valence-corrected chi connectivity index (χ0v) is 36.9. The first kappa shape index (κ1) is 55.3. The average Bonchev–Trinajstić information content (AvgIpc) is 3.72. The molecule has 3 aromatic rings. The van der Waals surface area contributed by atoms with Crippen molar-refractivity contribution in [2.75, 3.05) is 0 Å². The Labute approximate surface area is 375 Å². The molecule has 3 aliphatic rings. The van der Waals surface area contributed by atoms with Crippen molar-refractivity contribution >= 4 is 28.2 Å². The summed E-state index contributed by atoms with van der Waals surface area (Å²) in [5, 5.41) is 18.9.